The smallest absolute Gasteiger partial charge is 0.319 e. The van der Waals surface area contributed by atoms with E-state index >= 15 is 0 Å². The number of aryl methyl sites for hydroxylation is 1. The van der Waals surface area contributed by atoms with Crippen LogP contribution >= 0.6 is 0 Å². The average molecular weight is 486 g/mol. The lowest BCUT2D eigenvalue weighted by atomic mass is 9.81. The number of nitrogens with two attached hydrogens (primary N) is 1. The molecule has 7 heteroatoms. The molecule has 3 atom stereocenters. The first-order valence-electron chi connectivity index (χ1n) is 13.2. The highest BCUT2D eigenvalue weighted by Gasteiger charge is 2.39. The van der Waals surface area contributed by atoms with Crippen LogP contribution in [0.25, 0.3) is 10.9 Å². The molecule has 36 heavy (non-hydrogen) atoms. The molecule has 3 unspecified atom stereocenters. The molecular formula is C29H35N5O2. The predicted octanol–water partition coefficient (Wildman–Crippen LogP) is 5.24. The number of hydrogen-bond acceptors (Lipinski definition) is 5. The van der Waals surface area contributed by atoms with Crippen molar-refractivity contribution in [2.24, 2.45) is 5.73 Å². The molecule has 0 radical (unpaired) electrons. The SMILES string of the molecule is COc1cccc2c1C(Nc1ccc3cc(N(C(N)=O)C4CC5CCCC(C4)N5C)ccc3n1)CC2. The summed E-state index contributed by atoms with van der Waals surface area (Å²) < 4.78 is 5.62. The van der Waals surface area contributed by atoms with Gasteiger partial charge in [-0.05, 0) is 87.5 Å². The average Bonchev–Trinajstić information content (AvgIpc) is 3.27. The van der Waals surface area contributed by atoms with Gasteiger partial charge in [0, 0.05) is 34.8 Å². The van der Waals surface area contributed by atoms with Gasteiger partial charge in [0.05, 0.1) is 18.7 Å². The normalized spacial score (nSPS) is 25.4. The molecule has 2 amide bonds. The molecule has 2 aromatic carbocycles. The molecule has 0 saturated carbocycles. The fraction of sp³-hybridized carbons (Fsp3) is 0.448. The third-order valence-electron chi connectivity index (χ3n) is 8.62. The number of primary amides is 1. The molecule has 2 aliphatic heterocycles. The number of hydrogen-bond donors (Lipinski definition) is 2. The highest BCUT2D eigenvalue weighted by atomic mass is 16.5. The Morgan fingerprint density at radius 3 is 2.67 bits per heavy atom. The molecule has 3 aromatic rings. The Kier molecular flexibility index (Phi) is 5.96. The van der Waals surface area contributed by atoms with Crippen LogP contribution in [0, 0.1) is 0 Å². The van der Waals surface area contributed by atoms with Crippen molar-refractivity contribution in [1.29, 1.82) is 0 Å². The summed E-state index contributed by atoms with van der Waals surface area (Å²) >= 11 is 0. The molecule has 7 nitrogen and oxygen atoms in total. The van der Waals surface area contributed by atoms with E-state index < -0.39 is 0 Å². The van der Waals surface area contributed by atoms with Crippen molar-refractivity contribution in [2.45, 2.75) is 69.1 Å². The molecule has 6 rings (SSSR count). The summed E-state index contributed by atoms with van der Waals surface area (Å²) in [5, 5.41) is 4.62. The molecule has 3 aliphatic rings. The van der Waals surface area contributed by atoms with Crippen LogP contribution in [0.3, 0.4) is 0 Å². The maximum absolute atomic E-state index is 12.6. The maximum atomic E-state index is 12.6. The number of carbonyl (C=O) groups excluding carboxylic acids is 1. The van der Waals surface area contributed by atoms with Crippen LogP contribution in [0.5, 0.6) is 5.75 Å². The zero-order valence-electron chi connectivity index (χ0n) is 21.1. The van der Waals surface area contributed by atoms with E-state index in [0.29, 0.717) is 12.1 Å². The van der Waals surface area contributed by atoms with E-state index in [1.807, 2.05) is 29.2 Å². The number of nitrogens with zero attached hydrogens (tertiary/aromatic N) is 3. The van der Waals surface area contributed by atoms with Gasteiger partial charge < -0.3 is 20.7 Å². The number of ether oxygens (including phenoxy) is 1. The summed E-state index contributed by atoms with van der Waals surface area (Å²) in [7, 11) is 3.96. The number of pyridine rings is 1. The number of anilines is 2. The Morgan fingerprint density at radius 1 is 1.11 bits per heavy atom. The van der Waals surface area contributed by atoms with Crippen molar-refractivity contribution < 1.29 is 9.53 Å². The molecule has 3 heterocycles. The lowest BCUT2D eigenvalue weighted by Gasteiger charge is -2.49. The van der Waals surface area contributed by atoms with Crippen LogP contribution in [0.2, 0.25) is 0 Å². The number of carbonyl (C=O) groups is 1. The number of fused-ring (bicyclic) bond motifs is 4. The number of piperidine rings is 2. The summed E-state index contributed by atoms with van der Waals surface area (Å²) in [6.07, 6.45) is 7.67. The third-order valence-corrected chi connectivity index (χ3v) is 8.62. The second-order valence-corrected chi connectivity index (χ2v) is 10.6. The predicted molar refractivity (Wildman–Crippen MR) is 144 cm³/mol. The fourth-order valence-electron chi connectivity index (χ4n) is 6.81. The quantitative estimate of drug-likeness (QED) is 0.516. The van der Waals surface area contributed by atoms with E-state index in [0.717, 1.165) is 53.8 Å². The first kappa shape index (κ1) is 23.1. The minimum atomic E-state index is -0.373. The second kappa shape index (κ2) is 9.28. The Labute approximate surface area is 212 Å². The summed E-state index contributed by atoms with van der Waals surface area (Å²) in [6, 6.07) is 17.4. The fourth-order valence-corrected chi connectivity index (χ4v) is 6.81. The molecule has 1 aliphatic carbocycles. The van der Waals surface area contributed by atoms with Gasteiger partial charge in [0.15, 0.2) is 0 Å². The first-order valence-corrected chi connectivity index (χ1v) is 13.2. The monoisotopic (exact) mass is 485 g/mol. The van der Waals surface area contributed by atoms with Crippen LogP contribution in [-0.2, 0) is 6.42 Å². The van der Waals surface area contributed by atoms with Crippen LogP contribution in [0.15, 0.2) is 48.5 Å². The minimum Gasteiger partial charge on any atom is -0.496 e. The molecule has 2 fully saturated rings. The van der Waals surface area contributed by atoms with Crippen molar-refractivity contribution in [3.05, 3.63) is 59.7 Å². The Bertz CT molecular complexity index is 1280. The van der Waals surface area contributed by atoms with Gasteiger partial charge in [0.1, 0.15) is 11.6 Å². The van der Waals surface area contributed by atoms with Crippen molar-refractivity contribution in [3.63, 3.8) is 0 Å². The van der Waals surface area contributed by atoms with Crippen molar-refractivity contribution in [3.8, 4) is 5.75 Å². The van der Waals surface area contributed by atoms with Gasteiger partial charge >= 0.3 is 6.03 Å². The van der Waals surface area contributed by atoms with Gasteiger partial charge in [-0.3, -0.25) is 4.90 Å². The topological polar surface area (TPSA) is 83.7 Å². The lowest BCUT2D eigenvalue weighted by molar-refractivity contribution is 0.0564. The van der Waals surface area contributed by atoms with Crippen molar-refractivity contribution >= 4 is 28.4 Å². The number of methoxy groups -OCH3 is 1. The van der Waals surface area contributed by atoms with E-state index in [2.05, 4.69) is 41.5 Å². The number of urea groups is 1. The summed E-state index contributed by atoms with van der Waals surface area (Å²) in [5.74, 6) is 1.77. The number of rotatable bonds is 5. The van der Waals surface area contributed by atoms with Crippen LogP contribution in [0.4, 0.5) is 16.3 Å². The zero-order valence-corrected chi connectivity index (χ0v) is 21.1. The van der Waals surface area contributed by atoms with Gasteiger partial charge in [-0.1, -0.05) is 18.6 Å². The van der Waals surface area contributed by atoms with Crippen LogP contribution < -0.4 is 20.7 Å². The van der Waals surface area contributed by atoms with Crippen LogP contribution in [-0.4, -0.2) is 48.2 Å². The van der Waals surface area contributed by atoms with Crippen molar-refractivity contribution in [1.82, 2.24) is 9.88 Å². The highest BCUT2D eigenvalue weighted by Crippen LogP contribution is 2.40. The van der Waals surface area contributed by atoms with Gasteiger partial charge in [-0.2, -0.15) is 0 Å². The van der Waals surface area contributed by atoms with E-state index in [1.165, 1.54) is 30.4 Å². The largest absolute Gasteiger partial charge is 0.496 e. The van der Waals surface area contributed by atoms with Crippen LogP contribution in [0.1, 0.15) is 55.7 Å². The molecular weight excluding hydrogens is 450 g/mol. The highest BCUT2D eigenvalue weighted by molar-refractivity contribution is 5.94. The van der Waals surface area contributed by atoms with E-state index in [1.54, 1.807) is 7.11 Å². The molecule has 0 spiro atoms. The third kappa shape index (κ3) is 4.05. The van der Waals surface area contributed by atoms with Gasteiger partial charge in [-0.15, -0.1) is 0 Å². The van der Waals surface area contributed by atoms with E-state index in [4.69, 9.17) is 15.5 Å². The van der Waals surface area contributed by atoms with E-state index in [9.17, 15) is 4.79 Å². The zero-order chi connectivity index (χ0) is 24.8. The Morgan fingerprint density at radius 2 is 1.92 bits per heavy atom. The van der Waals surface area contributed by atoms with Gasteiger partial charge in [0.2, 0.25) is 0 Å². The number of nitrogens with one attached hydrogen (secondary N) is 1. The summed E-state index contributed by atoms with van der Waals surface area (Å²) in [5.41, 5.74) is 10.3. The van der Waals surface area contributed by atoms with E-state index in [-0.39, 0.29) is 18.1 Å². The van der Waals surface area contributed by atoms with Crippen molar-refractivity contribution in [2.75, 3.05) is 24.4 Å². The molecule has 2 bridgehead atoms. The Balaban J connectivity index is 1.25. The molecule has 2 saturated heterocycles. The van der Waals surface area contributed by atoms with Gasteiger partial charge in [-0.25, -0.2) is 9.78 Å². The van der Waals surface area contributed by atoms with Gasteiger partial charge in [0.25, 0.3) is 0 Å². The maximum Gasteiger partial charge on any atom is 0.319 e. The minimum absolute atomic E-state index is 0.137. The number of aromatic nitrogens is 1. The number of amides is 2. The molecule has 188 valence electrons. The first-order chi connectivity index (χ1) is 17.5. The summed E-state index contributed by atoms with van der Waals surface area (Å²) in [4.78, 5) is 21.9. The molecule has 1 aromatic heterocycles. The standard InChI is InChI=1S/C29H35N5O2/c1-33-20-6-4-7-21(33)17-23(16-20)34(29(30)35)22-11-13-24-19(15-22)10-14-27(31-24)32-25-12-9-18-5-3-8-26(36-2)28(18)25/h3,5,8,10-11,13-15,20-21,23,25H,4,6-7,9,12,16-17H2,1-2H3,(H2,30,35)(H,31,32). The summed E-state index contributed by atoms with van der Waals surface area (Å²) in [6.45, 7) is 0. The molecule has 3 N–H and O–H groups in total. The lowest BCUT2D eigenvalue weighted by Crippen LogP contribution is -2.57. The Hall–Kier alpha value is -3.32. The second-order valence-electron chi connectivity index (χ2n) is 10.6. The number of benzene rings is 2.